The number of thioether (sulfide) groups is 1. The van der Waals surface area contributed by atoms with Gasteiger partial charge in [-0.05, 0) is 45.6 Å². The fourth-order valence-corrected chi connectivity index (χ4v) is 7.51. The van der Waals surface area contributed by atoms with Crippen LogP contribution in [0, 0.1) is 13.8 Å². The molecule has 5 nitrogen and oxygen atoms in total. The summed E-state index contributed by atoms with van der Waals surface area (Å²) in [6.07, 6.45) is 0.848. The first-order chi connectivity index (χ1) is 11.8. The van der Waals surface area contributed by atoms with Crippen molar-refractivity contribution in [2.45, 2.75) is 50.3 Å². The molecule has 0 saturated carbocycles. The molecular weight excluding hydrogens is 374 g/mol. The maximum atomic E-state index is 13.3. The molecule has 1 saturated heterocycles. The summed E-state index contributed by atoms with van der Waals surface area (Å²) in [5.41, 5.74) is 1.33. The molecule has 0 aromatic carbocycles. The molecule has 3 heterocycles. The van der Waals surface area contributed by atoms with Crippen LogP contribution in [0.2, 0.25) is 0 Å². The Labute approximate surface area is 158 Å². The van der Waals surface area contributed by atoms with Crippen molar-refractivity contribution in [2.75, 3.05) is 18.8 Å². The Morgan fingerprint density at radius 3 is 2.64 bits per heavy atom. The van der Waals surface area contributed by atoms with Crippen LogP contribution in [0.5, 0.6) is 0 Å². The first-order valence-electron chi connectivity index (χ1n) is 8.53. The van der Waals surface area contributed by atoms with Gasteiger partial charge in [-0.3, -0.25) is 4.68 Å². The number of aryl methyl sites for hydroxylation is 1. The van der Waals surface area contributed by atoms with E-state index < -0.39 is 10.0 Å². The van der Waals surface area contributed by atoms with Crippen LogP contribution in [0.1, 0.15) is 47.8 Å². The van der Waals surface area contributed by atoms with Crippen LogP contribution in [-0.4, -0.2) is 41.3 Å². The fourth-order valence-electron chi connectivity index (χ4n) is 3.35. The molecule has 0 aliphatic carbocycles. The van der Waals surface area contributed by atoms with E-state index in [1.165, 1.54) is 4.88 Å². The highest BCUT2D eigenvalue weighted by Crippen LogP contribution is 2.38. The summed E-state index contributed by atoms with van der Waals surface area (Å²) in [7, 11) is -3.51. The van der Waals surface area contributed by atoms with Crippen molar-refractivity contribution < 1.29 is 8.42 Å². The lowest BCUT2D eigenvalue weighted by atomic mass is 10.2. The molecule has 25 heavy (non-hydrogen) atoms. The lowest BCUT2D eigenvalue weighted by molar-refractivity contribution is 0.427. The topological polar surface area (TPSA) is 55.2 Å². The minimum absolute atomic E-state index is 0.144. The van der Waals surface area contributed by atoms with E-state index in [1.807, 2.05) is 37.2 Å². The molecule has 2 aromatic rings. The fraction of sp³-hybridized carbons (Fsp3) is 0.588. The van der Waals surface area contributed by atoms with E-state index in [0.29, 0.717) is 28.9 Å². The zero-order valence-electron chi connectivity index (χ0n) is 15.1. The molecular formula is C17H25N3O2S3. The number of hydrogen-bond acceptors (Lipinski definition) is 5. The Bertz CT molecular complexity index is 826. The second-order valence-electron chi connectivity index (χ2n) is 6.61. The summed E-state index contributed by atoms with van der Waals surface area (Å²) in [5.74, 6) is 0.818. The molecule has 1 unspecified atom stereocenters. The van der Waals surface area contributed by atoms with Crippen molar-refractivity contribution in [1.82, 2.24) is 14.1 Å². The van der Waals surface area contributed by atoms with Crippen LogP contribution in [0.25, 0.3) is 0 Å². The summed E-state index contributed by atoms with van der Waals surface area (Å²) >= 11 is 3.61. The predicted molar refractivity (Wildman–Crippen MR) is 105 cm³/mol. The van der Waals surface area contributed by atoms with Crippen LogP contribution in [0.4, 0.5) is 0 Å². The zero-order chi connectivity index (χ0) is 18.2. The zero-order valence-corrected chi connectivity index (χ0v) is 17.5. The van der Waals surface area contributed by atoms with E-state index >= 15 is 0 Å². The molecule has 0 amide bonds. The van der Waals surface area contributed by atoms with Crippen molar-refractivity contribution in [3.05, 3.63) is 33.8 Å². The van der Waals surface area contributed by atoms with Crippen molar-refractivity contribution in [3.63, 3.8) is 0 Å². The maximum absolute atomic E-state index is 13.3. The first kappa shape index (κ1) is 18.9. The normalized spacial score (nSPS) is 20.1. The van der Waals surface area contributed by atoms with E-state index in [9.17, 15) is 8.42 Å². The van der Waals surface area contributed by atoms with Crippen molar-refractivity contribution in [1.29, 1.82) is 0 Å². The van der Waals surface area contributed by atoms with E-state index in [2.05, 4.69) is 22.6 Å². The van der Waals surface area contributed by atoms with Gasteiger partial charge in [-0.15, -0.1) is 11.3 Å². The number of thiophene rings is 1. The highest BCUT2D eigenvalue weighted by atomic mass is 32.2. The van der Waals surface area contributed by atoms with Crippen molar-refractivity contribution in [2.24, 2.45) is 0 Å². The van der Waals surface area contributed by atoms with Gasteiger partial charge >= 0.3 is 0 Å². The van der Waals surface area contributed by atoms with Crippen LogP contribution in [-0.2, 0) is 10.0 Å². The molecule has 1 fully saturated rings. The molecule has 0 bridgehead atoms. The van der Waals surface area contributed by atoms with Gasteiger partial charge in [0.25, 0.3) is 0 Å². The third-order valence-electron chi connectivity index (χ3n) is 4.51. The van der Waals surface area contributed by atoms with Gasteiger partial charge in [0.05, 0.1) is 11.4 Å². The highest BCUT2D eigenvalue weighted by Gasteiger charge is 2.33. The summed E-state index contributed by atoms with van der Waals surface area (Å²) in [6.45, 7) is 8.80. The Hall–Kier alpha value is -0.830. The van der Waals surface area contributed by atoms with E-state index in [-0.39, 0.29) is 6.04 Å². The van der Waals surface area contributed by atoms with Gasteiger partial charge in [0, 0.05) is 35.0 Å². The lowest BCUT2D eigenvalue weighted by Crippen LogP contribution is -2.33. The van der Waals surface area contributed by atoms with Crippen LogP contribution in [0.3, 0.4) is 0 Å². The molecule has 2 aromatic heterocycles. The molecule has 138 valence electrons. The molecule has 1 aliphatic heterocycles. The number of nitrogens with zero attached hydrogens (tertiary/aromatic N) is 3. The summed E-state index contributed by atoms with van der Waals surface area (Å²) < 4.78 is 30.0. The van der Waals surface area contributed by atoms with Gasteiger partial charge in [0.2, 0.25) is 10.0 Å². The molecule has 0 radical (unpaired) electrons. The Kier molecular flexibility index (Phi) is 5.63. The van der Waals surface area contributed by atoms with Gasteiger partial charge < -0.3 is 0 Å². The standard InChI is InChI=1S/C17H25N3O2S3/c1-12(2)20-14(4)17(13(3)18-20)25(21,22)19-8-7-16(24-11-9-19)15-6-5-10-23-15/h5-6,10,12,16H,7-9,11H2,1-4H3. The van der Waals surface area contributed by atoms with Gasteiger partial charge in [-0.25, -0.2) is 8.42 Å². The molecule has 1 atom stereocenters. The monoisotopic (exact) mass is 399 g/mol. The van der Waals surface area contributed by atoms with Crippen LogP contribution in [0.15, 0.2) is 22.4 Å². The molecule has 3 rings (SSSR count). The number of aromatic nitrogens is 2. The third-order valence-corrected chi connectivity index (χ3v) is 9.10. The van der Waals surface area contributed by atoms with Gasteiger partial charge in [-0.1, -0.05) is 6.07 Å². The average molecular weight is 400 g/mol. The van der Waals surface area contributed by atoms with E-state index in [0.717, 1.165) is 17.9 Å². The molecule has 0 N–H and O–H groups in total. The van der Waals surface area contributed by atoms with Gasteiger partial charge in [0.1, 0.15) is 4.90 Å². The predicted octanol–water partition coefficient (Wildman–Crippen LogP) is 4.01. The Balaban J connectivity index is 1.86. The Morgan fingerprint density at radius 2 is 2.04 bits per heavy atom. The maximum Gasteiger partial charge on any atom is 0.246 e. The van der Waals surface area contributed by atoms with Crippen molar-refractivity contribution >= 4 is 33.1 Å². The number of sulfonamides is 1. The molecule has 0 spiro atoms. The Morgan fingerprint density at radius 1 is 1.28 bits per heavy atom. The van der Waals surface area contributed by atoms with Crippen LogP contribution >= 0.6 is 23.1 Å². The van der Waals surface area contributed by atoms with E-state index in [1.54, 1.807) is 22.6 Å². The first-order valence-corrected chi connectivity index (χ1v) is 11.9. The summed E-state index contributed by atoms with van der Waals surface area (Å²) in [6, 6.07) is 4.35. The van der Waals surface area contributed by atoms with E-state index in [4.69, 9.17) is 0 Å². The number of hydrogen-bond donors (Lipinski definition) is 0. The highest BCUT2D eigenvalue weighted by molar-refractivity contribution is 7.99. The summed E-state index contributed by atoms with van der Waals surface area (Å²) in [4.78, 5) is 1.73. The quantitative estimate of drug-likeness (QED) is 0.779. The molecule has 1 aliphatic rings. The minimum atomic E-state index is -3.51. The second kappa shape index (κ2) is 7.42. The van der Waals surface area contributed by atoms with Gasteiger partial charge in [0.15, 0.2) is 0 Å². The average Bonchev–Trinajstić information content (AvgIpc) is 3.08. The number of rotatable bonds is 4. The van der Waals surface area contributed by atoms with Crippen molar-refractivity contribution in [3.8, 4) is 0 Å². The largest absolute Gasteiger partial charge is 0.266 e. The SMILES string of the molecule is Cc1nn(C(C)C)c(C)c1S(=O)(=O)N1CCSC(c2cccs2)CC1. The minimum Gasteiger partial charge on any atom is -0.266 e. The third kappa shape index (κ3) is 3.67. The second-order valence-corrected chi connectivity index (χ2v) is 10.8. The smallest absolute Gasteiger partial charge is 0.246 e. The summed E-state index contributed by atoms with van der Waals surface area (Å²) in [5, 5.41) is 6.93. The lowest BCUT2D eigenvalue weighted by Gasteiger charge is -2.20. The molecule has 8 heteroatoms. The van der Waals surface area contributed by atoms with Gasteiger partial charge in [-0.2, -0.15) is 21.2 Å². The van der Waals surface area contributed by atoms with Crippen LogP contribution < -0.4 is 0 Å².